The number of aryl methyl sites for hydroxylation is 1. The summed E-state index contributed by atoms with van der Waals surface area (Å²) in [5, 5.41) is 3.30. The van der Waals surface area contributed by atoms with Crippen molar-refractivity contribution < 1.29 is 12.8 Å². The zero-order valence-electron chi connectivity index (χ0n) is 11.6. The monoisotopic (exact) mass is 327 g/mol. The van der Waals surface area contributed by atoms with Gasteiger partial charge in [-0.05, 0) is 19.8 Å². The predicted molar refractivity (Wildman–Crippen MR) is 79.4 cm³/mol. The lowest BCUT2D eigenvalue weighted by atomic mass is 10.4. The van der Waals surface area contributed by atoms with Crippen molar-refractivity contribution in [3.05, 3.63) is 34.2 Å². The Kier molecular flexibility index (Phi) is 4.12. The Balaban J connectivity index is 1.68. The summed E-state index contributed by atoms with van der Waals surface area (Å²) < 4.78 is 32.7. The van der Waals surface area contributed by atoms with Crippen LogP contribution in [0.4, 0.5) is 0 Å². The predicted octanol–water partition coefficient (Wildman–Crippen LogP) is 1.78. The minimum Gasteiger partial charge on any atom is -0.464 e. The van der Waals surface area contributed by atoms with E-state index in [4.69, 9.17) is 4.42 Å². The summed E-state index contributed by atoms with van der Waals surface area (Å²) in [6.45, 7) is 2.48. The van der Waals surface area contributed by atoms with E-state index in [1.165, 1.54) is 24.2 Å². The molecule has 114 valence electrons. The van der Waals surface area contributed by atoms with Gasteiger partial charge in [0, 0.05) is 29.7 Å². The number of hydrogen-bond donors (Lipinski definition) is 2. The largest absolute Gasteiger partial charge is 0.464 e. The van der Waals surface area contributed by atoms with Gasteiger partial charge in [-0.25, -0.2) is 13.1 Å². The van der Waals surface area contributed by atoms with E-state index in [0.29, 0.717) is 24.1 Å². The first-order valence-corrected chi connectivity index (χ1v) is 9.10. The molecule has 2 heterocycles. The average molecular weight is 327 g/mol. The van der Waals surface area contributed by atoms with E-state index in [9.17, 15) is 8.42 Å². The maximum atomic E-state index is 12.3. The highest BCUT2D eigenvalue weighted by Gasteiger charge is 2.24. The van der Waals surface area contributed by atoms with Crippen molar-refractivity contribution in [3.8, 4) is 0 Å². The molecular weight excluding hydrogens is 310 g/mol. The number of thiazole rings is 1. The molecule has 1 saturated carbocycles. The highest BCUT2D eigenvalue weighted by atomic mass is 32.2. The van der Waals surface area contributed by atoms with Gasteiger partial charge in [-0.1, -0.05) is 0 Å². The van der Waals surface area contributed by atoms with Crippen LogP contribution in [0, 0.1) is 6.92 Å². The quantitative estimate of drug-likeness (QED) is 0.810. The van der Waals surface area contributed by atoms with Gasteiger partial charge in [0.1, 0.15) is 16.4 Å². The molecule has 2 N–H and O–H groups in total. The summed E-state index contributed by atoms with van der Waals surface area (Å²) >= 11 is 1.41. The summed E-state index contributed by atoms with van der Waals surface area (Å²) in [4.78, 5) is 5.00. The van der Waals surface area contributed by atoms with Crippen LogP contribution >= 0.6 is 11.3 Å². The zero-order chi connectivity index (χ0) is 14.9. The molecule has 2 aromatic heterocycles. The van der Waals surface area contributed by atoms with E-state index in [1.54, 1.807) is 24.7 Å². The van der Waals surface area contributed by atoms with E-state index in [2.05, 4.69) is 15.0 Å². The van der Waals surface area contributed by atoms with Crippen LogP contribution in [0.15, 0.2) is 27.1 Å². The fourth-order valence-electron chi connectivity index (χ4n) is 1.98. The highest BCUT2D eigenvalue weighted by molar-refractivity contribution is 7.89. The molecule has 6 nitrogen and oxygen atoms in total. The Hall–Kier alpha value is -1.22. The van der Waals surface area contributed by atoms with Gasteiger partial charge in [0.2, 0.25) is 10.0 Å². The number of hydrogen-bond acceptors (Lipinski definition) is 6. The standard InChI is InChI=1S/C13H17N3O3S2/c1-9-13(4-11(19-9)5-15-10-2-3-10)21(17,18)16-7-12-6-14-8-20-12/h4,6,8,10,15-16H,2-3,5,7H2,1H3. The molecule has 3 rings (SSSR count). The van der Waals surface area contributed by atoms with Gasteiger partial charge in [0.05, 0.1) is 12.1 Å². The lowest BCUT2D eigenvalue weighted by Crippen LogP contribution is -2.23. The molecule has 2 aromatic rings. The number of nitrogens with one attached hydrogen (secondary N) is 2. The molecule has 0 spiro atoms. The van der Waals surface area contributed by atoms with Crippen molar-refractivity contribution in [2.24, 2.45) is 0 Å². The molecule has 1 aliphatic rings. The van der Waals surface area contributed by atoms with E-state index in [1.807, 2.05) is 0 Å². The van der Waals surface area contributed by atoms with Crippen molar-refractivity contribution in [3.63, 3.8) is 0 Å². The van der Waals surface area contributed by atoms with Gasteiger partial charge in [0.15, 0.2) is 0 Å². The van der Waals surface area contributed by atoms with Crippen LogP contribution in [-0.2, 0) is 23.1 Å². The fraction of sp³-hybridized carbons (Fsp3) is 0.462. The summed E-state index contributed by atoms with van der Waals surface area (Å²) in [5.41, 5.74) is 1.67. The van der Waals surface area contributed by atoms with Crippen LogP contribution in [0.1, 0.15) is 29.2 Å². The van der Waals surface area contributed by atoms with E-state index in [0.717, 1.165) is 4.88 Å². The van der Waals surface area contributed by atoms with Gasteiger partial charge in [-0.2, -0.15) is 0 Å². The number of furan rings is 1. The maximum Gasteiger partial charge on any atom is 0.244 e. The second-order valence-corrected chi connectivity index (χ2v) is 7.79. The van der Waals surface area contributed by atoms with Crippen molar-refractivity contribution in [1.29, 1.82) is 0 Å². The lowest BCUT2D eigenvalue weighted by Gasteiger charge is -2.03. The molecule has 0 aromatic carbocycles. The number of aromatic nitrogens is 1. The summed E-state index contributed by atoms with van der Waals surface area (Å²) in [5.74, 6) is 1.07. The third-order valence-corrected chi connectivity index (χ3v) is 5.56. The molecule has 0 aliphatic heterocycles. The highest BCUT2D eigenvalue weighted by Crippen LogP contribution is 2.23. The summed E-state index contributed by atoms with van der Waals surface area (Å²) in [7, 11) is -3.56. The van der Waals surface area contributed by atoms with Crippen molar-refractivity contribution in [2.75, 3.05) is 0 Å². The Morgan fingerprint density at radius 3 is 2.90 bits per heavy atom. The lowest BCUT2D eigenvalue weighted by molar-refractivity contribution is 0.456. The van der Waals surface area contributed by atoms with E-state index in [-0.39, 0.29) is 11.4 Å². The van der Waals surface area contributed by atoms with Crippen LogP contribution in [0.25, 0.3) is 0 Å². The molecule has 8 heteroatoms. The molecule has 1 fully saturated rings. The molecule has 0 unspecified atom stereocenters. The Morgan fingerprint density at radius 2 is 2.24 bits per heavy atom. The Bertz CT molecular complexity index is 703. The first kappa shape index (κ1) is 14.7. The van der Waals surface area contributed by atoms with Crippen LogP contribution in [0.5, 0.6) is 0 Å². The summed E-state index contributed by atoms with van der Waals surface area (Å²) in [6.07, 6.45) is 4.02. The zero-order valence-corrected chi connectivity index (χ0v) is 13.3. The number of sulfonamides is 1. The minimum atomic E-state index is -3.56. The molecule has 0 radical (unpaired) electrons. The topological polar surface area (TPSA) is 84.2 Å². The van der Waals surface area contributed by atoms with Crippen LogP contribution in [-0.4, -0.2) is 19.4 Å². The smallest absolute Gasteiger partial charge is 0.244 e. The van der Waals surface area contributed by atoms with Gasteiger partial charge < -0.3 is 9.73 Å². The number of rotatable bonds is 7. The summed E-state index contributed by atoms with van der Waals surface area (Å²) in [6, 6.07) is 2.15. The molecule has 21 heavy (non-hydrogen) atoms. The second-order valence-electron chi connectivity index (χ2n) is 5.08. The minimum absolute atomic E-state index is 0.208. The fourth-order valence-corrected chi connectivity index (χ4v) is 3.82. The SMILES string of the molecule is Cc1oc(CNC2CC2)cc1S(=O)(=O)NCc1cncs1. The van der Waals surface area contributed by atoms with Crippen molar-refractivity contribution >= 4 is 21.4 Å². The van der Waals surface area contributed by atoms with Crippen molar-refractivity contribution in [1.82, 2.24) is 15.0 Å². The van der Waals surface area contributed by atoms with Crippen LogP contribution in [0.3, 0.4) is 0 Å². The van der Waals surface area contributed by atoms with Crippen LogP contribution in [0.2, 0.25) is 0 Å². The van der Waals surface area contributed by atoms with Gasteiger partial charge in [-0.15, -0.1) is 11.3 Å². The third-order valence-electron chi connectivity index (χ3n) is 3.27. The first-order chi connectivity index (χ1) is 10.0. The van der Waals surface area contributed by atoms with Crippen molar-refractivity contribution in [2.45, 2.75) is 43.8 Å². The van der Waals surface area contributed by atoms with E-state index >= 15 is 0 Å². The molecule has 0 amide bonds. The second kappa shape index (κ2) is 5.88. The maximum absolute atomic E-state index is 12.3. The van der Waals surface area contributed by atoms with Gasteiger partial charge >= 0.3 is 0 Å². The first-order valence-electron chi connectivity index (χ1n) is 6.74. The molecule has 1 aliphatic carbocycles. The third kappa shape index (κ3) is 3.70. The number of nitrogens with zero attached hydrogens (tertiary/aromatic N) is 1. The molecule has 0 atom stereocenters. The van der Waals surface area contributed by atoms with Gasteiger partial charge in [0.25, 0.3) is 0 Å². The molecule has 0 saturated heterocycles. The van der Waals surface area contributed by atoms with Gasteiger partial charge in [-0.3, -0.25) is 4.98 Å². The Labute approximate surface area is 127 Å². The van der Waals surface area contributed by atoms with Crippen LogP contribution < -0.4 is 10.0 Å². The Morgan fingerprint density at radius 1 is 1.43 bits per heavy atom. The normalized spacial score (nSPS) is 15.5. The molecule has 0 bridgehead atoms. The average Bonchev–Trinajstić information content (AvgIpc) is 2.97. The van der Waals surface area contributed by atoms with E-state index < -0.39 is 10.0 Å². The molecular formula is C13H17N3O3S2.